The summed E-state index contributed by atoms with van der Waals surface area (Å²) in [6.45, 7) is 1.88. The van der Waals surface area contributed by atoms with Crippen molar-refractivity contribution in [2.24, 2.45) is 0 Å². The zero-order chi connectivity index (χ0) is 19.1. The number of methoxy groups -OCH3 is 1. The molecule has 8 nitrogen and oxygen atoms in total. The van der Waals surface area contributed by atoms with Gasteiger partial charge >= 0.3 is 11.8 Å². The molecule has 8 heteroatoms. The van der Waals surface area contributed by atoms with Gasteiger partial charge in [0.1, 0.15) is 5.69 Å². The van der Waals surface area contributed by atoms with Crippen molar-refractivity contribution in [3.05, 3.63) is 53.0 Å². The van der Waals surface area contributed by atoms with Crippen LogP contribution in [0.25, 0.3) is 4.98 Å². The highest BCUT2D eigenvalue weighted by molar-refractivity contribution is 6.06. The Kier molecular flexibility index (Phi) is 6.11. The van der Waals surface area contributed by atoms with Crippen molar-refractivity contribution in [1.29, 1.82) is 5.39 Å². The van der Waals surface area contributed by atoms with Gasteiger partial charge in [-0.3, -0.25) is 9.69 Å². The topological polar surface area (TPSA) is 96.0 Å². The number of nitrogens with one attached hydrogen (secondary N) is 1. The lowest BCUT2D eigenvalue weighted by Crippen LogP contribution is -2.27. The zero-order valence-electron chi connectivity index (χ0n) is 14.7. The Morgan fingerprint density at radius 1 is 1.23 bits per heavy atom. The van der Waals surface area contributed by atoms with E-state index in [4.69, 9.17) is 9.47 Å². The minimum atomic E-state index is -0.622. The van der Waals surface area contributed by atoms with Crippen molar-refractivity contribution in [3.8, 4) is 5.75 Å². The van der Waals surface area contributed by atoms with Crippen LogP contribution >= 0.6 is 0 Å². The van der Waals surface area contributed by atoms with E-state index in [1.807, 2.05) is 0 Å². The summed E-state index contributed by atoms with van der Waals surface area (Å²) in [5, 5.41) is 12.0. The Hall–Kier alpha value is -3.60. The van der Waals surface area contributed by atoms with Crippen LogP contribution in [0, 0.1) is 5.39 Å². The number of rotatable bonds is 5. The Morgan fingerprint density at radius 3 is 2.50 bits per heavy atom. The first kappa shape index (κ1) is 18.7. The van der Waals surface area contributed by atoms with Crippen LogP contribution in [-0.4, -0.2) is 32.8 Å². The standard InChI is InChI=1S/C18H18N4O4/c1-4-26-18(24)22(2)15-10-14(16(25-3)11-13(15)21-19)20-17(23)12-8-6-5-7-9-12/h5-11H,4H2,1-3H3/p+1. The monoisotopic (exact) mass is 355 g/mol. The van der Waals surface area contributed by atoms with Gasteiger partial charge in [0.05, 0.1) is 25.5 Å². The fraction of sp³-hybridized carbons (Fsp3) is 0.222. The highest BCUT2D eigenvalue weighted by Gasteiger charge is 2.26. The first-order valence-corrected chi connectivity index (χ1v) is 7.85. The second kappa shape index (κ2) is 8.48. The normalized spacial score (nSPS) is 9.77. The number of anilines is 2. The number of diazo groups is 1. The maximum Gasteiger partial charge on any atom is 0.414 e. The Balaban J connectivity index is 2.42. The minimum Gasteiger partial charge on any atom is -0.494 e. The molecule has 0 unspecified atom stereocenters. The molecule has 0 heterocycles. The van der Waals surface area contributed by atoms with Gasteiger partial charge in [-0.25, -0.2) is 4.79 Å². The van der Waals surface area contributed by atoms with Crippen LogP contribution in [0.5, 0.6) is 5.75 Å². The van der Waals surface area contributed by atoms with E-state index in [1.165, 1.54) is 31.2 Å². The van der Waals surface area contributed by atoms with Gasteiger partial charge in [0.25, 0.3) is 5.91 Å². The van der Waals surface area contributed by atoms with Crippen LogP contribution < -0.4 is 15.0 Å². The molecule has 0 aliphatic rings. The summed E-state index contributed by atoms with van der Waals surface area (Å²) in [4.78, 5) is 28.7. The van der Waals surface area contributed by atoms with E-state index in [1.54, 1.807) is 37.3 Å². The molecule has 0 fully saturated rings. The van der Waals surface area contributed by atoms with E-state index in [2.05, 4.69) is 10.3 Å². The first-order chi connectivity index (χ1) is 12.5. The number of nitrogens with zero attached hydrogens (tertiary/aromatic N) is 3. The van der Waals surface area contributed by atoms with Crippen LogP contribution in [0.1, 0.15) is 17.3 Å². The largest absolute Gasteiger partial charge is 0.494 e. The number of amides is 2. The molecule has 1 N–H and O–H groups in total. The van der Waals surface area contributed by atoms with Gasteiger partial charge in [-0.2, -0.15) is 0 Å². The fourth-order valence-electron chi connectivity index (χ4n) is 2.28. The lowest BCUT2D eigenvalue weighted by molar-refractivity contribution is 0.102. The molecule has 0 radical (unpaired) electrons. The average Bonchev–Trinajstić information content (AvgIpc) is 2.67. The molecule has 0 aliphatic carbocycles. The molecule has 0 bridgehead atoms. The third kappa shape index (κ3) is 4.08. The molecule has 0 saturated carbocycles. The second-order valence-electron chi connectivity index (χ2n) is 5.22. The van der Waals surface area contributed by atoms with Crippen LogP contribution in [0.3, 0.4) is 0 Å². The summed E-state index contributed by atoms with van der Waals surface area (Å²) in [7, 11) is 2.89. The number of hydrogen-bond donors (Lipinski definition) is 1. The lowest BCUT2D eigenvalue weighted by atomic mass is 10.1. The minimum absolute atomic E-state index is 0.0927. The average molecular weight is 355 g/mol. The number of ether oxygens (including phenoxy) is 2. The molecular formula is C18H19N4O4+. The van der Waals surface area contributed by atoms with Crippen molar-refractivity contribution in [1.82, 2.24) is 0 Å². The van der Waals surface area contributed by atoms with Gasteiger partial charge in [0.15, 0.2) is 10.7 Å². The molecule has 2 rings (SSSR count). The quantitative estimate of drug-likeness (QED) is 0.817. The highest BCUT2D eigenvalue weighted by Crippen LogP contribution is 2.38. The van der Waals surface area contributed by atoms with E-state index in [0.717, 1.165) is 0 Å². The van der Waals surface area contributed by atoms with Crippen LogP contribution in [0.4, 0.5) is 21.9 Å². The third-order valence-corrected chi connectivity index (χ3v) is 3.59. The number of hydrogen-bond acceptors (Lipinski definition) is 5. The molecule has 0 atom stereocenters. The number of carbonyl (C=O) groups excluding carboxylic acids is 2. The van der Waals surface area contributed by atoms with Crippen molar-refractivity contribution in [3.63, 3.8) is 0 Å². The molecule has 2 aromatic carbocycles. The zero-order valence-corrected chi connectivity index (χ0v) is 14.7. The molecule has 134 valence electrons. The van der Waals surface area contributed by atoms with E-state index in [0.29, 0.717) is 11.3 Å². The summed E-state index contributed by atoms with van der Waals surface area (Å²) >= 11 is 0. The van der Waals surface area contributed by atoms with E-state index < -0.39 is 6.09 Å². The summed E-state index contributed by atoms with van der Waals surface area (Å²) in [6.07, 6.45) is -0.622. The summed E-state index contributed by atoms with van der Waals surface area (Å²) in [5.41, 5.74) is 1.12. The first-order valence-electron chi connectivity index (χ1n) is 7.85. The molecule has 0 aromatic heterocycles. The van der Waals surface area contributed by atoms with Gasteiger partial charge in [-0.15, -0.1) is 0 Å². The summed E-state index contributed by atoms with van der Waals surface area (Å²) in [5.74, 6) is -0.0644. The van der Waals surface area contributed by atoms with Crippen LogP contribution in [0.2, 0.25) is 0 Å². The van der Waals surface area contributed by atoms with Gasteiger partial charge < -0.3 is 14.8 Å². The number of benzene rings is 2. The van der Waals surface area contributed by atoms with Gasteiger partial charge in [-0.05, 0) is 25.1 Å². The van der Waals surface area contributed by atoms with Gasteiger partial charge in [0, 0.05) is 12.6 Å². The SMILES string of the molecule is CCOC(=O)N(C)c1cc(NC(=O)c2ccccc2)c(OC)cc1[N+]#N. The van der Waals surface area contributed by atoms with E-state index in [9.17, 15) is 15.0 Å². The molecule has 26 heavy (non-hydrogen) atoms. The van der Waals surface area contributed by atoms with E-state index >= 15 is 0 Å². The van der Waals surface area contributed by atoms with Crippen molar-refractivity contribution in [2.45, 2.75) is 6.92 Å². The summed E-state index contributed by atoms with van der Waals surface area (Å²) < 4.78 is 10.2. The Labute approximate surface area is 150 Å². The molecule has 0 aliphatic heterocycles. The molecule has 2 amide bonds. The summed E-state index contributed by atoms with van der Waals surface area (Å²) in [6, 6.07) is 11.5. The second-order valence-corrected chi connectivity index (χ2v) is 5.22. The predicted molar refractivity (Wildman–Crippen MR) is 97.6 cm³/mol. The maximum atomic E-state index is 12.4. The lowest BCUT2D eigenvalue weighted by Gasteiger charge is -2.17. The van der Waals surface area contributed by atoms with Crippen LogP contribution in [-0.2, 0) is 4.74 Å². The maximum absolute atomic E-state index is 12.4. The van der Waals surface area contributed by atoms with Gasteiger partial charge in [0.2, 0.25) is 5.39 Å². The smallest absolute Gasteiger partial charge is 0.414 e. The van der Waals surface area contributed by atoms with E-state index in [-0.39, 0.29) is 29.6 Å². The van der Waals surface area contributed by atoms with Crippen molar-refractivity contribution in [2.75, 3.05) is 31.0 Å². The molecule has 0 saturated heterocycles. The molecule has 0 spiro atoms. The molecular weight excluding hydrogens is 336 g/mol. The third-order valence-electron chi connectivity index (χ3n) is 3.59. The Bertz CT molecular complexity index is 846. The van der Waals surface area contributed by atoms with Crippen molar-refractivity contribution < 1.29 is 19.1 Å². The van der Waals surface area contributed by atoms with Crippen LogP contribution in [0.15, 0.2) is 42.5 Å². The fourth-order valence-corrected chi connectivity index (χ4v) is 2.28. The highest BCUT2D eigenvalue weighted by atomic mass is 16.6. The molecule has 2 aromatic rings. The van der Waals surface area contributed by atoms with Gasteiger partial charge in [-0.1, -0.05) is 18.2 Å². The predicted octanol–water partition coefficient (Wildman–Crippen LogP) is 4.02. The Morgan fingerprint density at radius 2 is 1.92 bits per heavy atom. The van der Waals surface area contributed by atoms with Crippen molar-refractivity contribution >= 4 is 29.1 Å². The number of carbonyl (C=O) groups is 2.